The summed E-state index contributed by atoms with van der Waals surface area (Å²) in [5.74, 6) is 0.934. The quantitative estimate of drug-likeness (QED) is 0.379. The number of carbonyl (C=O) groups is 1. The number of sulfonamides is 1. The van der Waals surface area contributed by atoms with Gasteiger partial charge in [0.15, 0.2) is 0 Å². The van der Waals surface area contributed by atoms with Gasteiger partial charge in [0, 0.05) is 41.8 Å². The maximum Gasteiger partial charge on any atom is 0.262 e. The molecule has 1 amide bonds. The zero-order valence-electron chi connectivity index (χ0n) is 20.2. The summed E-state index contributed by atoms with van der Waals surface area (Å²) in [6, 6.07) is 7.69. The summed E-state index contributed by atoms with van der Waals surface area (Å²) < 4.78 is 35.6. The number of aromatic nitrogens is 3. The molecule has 8 bridgehead atoms. The van der Waals surface area contributed by atoms with E-state index in [1.54, 1.807) is 42.1 Å². The van der Waals surface area contributed by atoms with E-state index in [0.717, 1.165) is 51.5 Å². The minimum Gasteiger partial charge on any atom is -0.480 e. The fraction of sp³-hybridized carbons (Fsp3) is 0.280. The second-order valence-corrected chi connectivity index (χ2v) is 11.9. The Bertz CT molecular complexity index is 1650. The number of amides is 1. The van der Waals surface area contributed by atoms with Gasteiger partial charge in [0.25, 0.3) is 15.9 Å². The molecule has 6 rings (SSSR count). The van der Waals surface area contributed by atoms with Gasteiger partial charge >= 0.3 is 0 Å². The van der Waals surface area contributed by atoms with E-state index in [1.807, 2.05) is 6.92 Å². The first-order valence-electron chi connectivity index (χ1n) is 11.8. The number of aryl methyl sites for hydroxylation is 1. The normalized spacial score (nSPS) is 18.7. The third-order valence-electron chi connectivity index (χ3n) is 6.78. The van der Waals surface area contributed by atoms with Gasteiger partial charge in [-0.2, -0.15) is 0 Å². The van der Waals surface area contributed by atoms with Crippen molar-refractivity contribution in [1.29, 1.82) is 0 Å². The van der Waals surface area contributed by atoms with E-state index < -0.39 is 10.0 Å². The molecule has 2 aliphatic rings. The van der Waals surface area contributed by atoms with Crippen LogP contribution in [0.5, 0.6) is 5.88 Å². The number of hydrogen-bond acceptors (Lipinski definition) is 9. The van der Waals surface area contributed by atoms with E-state index in [2.05, 4.69) is 29.9 Å². The molecule has 5 heterocycles. The van der Waals surface area contributed by atoms with Gasteiger partial charge < -0.3 is 15.0 Å². The zero-order chi connectivity index (χ0) is 25.7. The number of carbonyl (C=O) groups excluding carboxylic acids is 1. The van der Waals surface area contributed by atoms with Gasteiger partial charge in [-0.3, -0.25) is 9.52 Å². The first-order chi connectivity index (χ1) is 17.8. The van der Waals surface area contributed by atoms with Crippen molar-refractivity contribution in [3.8, 4) is 16.3 Å². The Morgan fingerprint density at radius 3 is 2.86 bits per heavy atom. The summed E-state index contributed by atoms with van der Waals surface area (Å²) in [7, 11) is -2.61. The molecule has 37 heavy (non-hydrogen) atoms. The van der Waals surface area contributed by atoms with Gasteiger partial charge in [-0.15, -0.1) is 11.3 Å². The van der Waals surface area contributed by atoms with Crippen molar-refractivity contribution in [3.63, 3.8) is 0 Å². The molecule has 190 valence electrons. The third kappa shape index (κ3) is 4.15. The zero-order valence-corrected chi connectivity index (χ0v) is 21.8. The first kappa shape index (κ1) is 23.6. The second kappa shape index (κ2) is 8.96. The van der Waals surface area contributed by atoms with E-state index in [1.165, 1.54) is 19.2 Å². The molecular formula is C25H24N6O4S2. The number of methoxy groups -OCH3 is 1. The topological polar surface area (TPSA) is 126 Å². The average molecular weight is 537 g/mol. The molecule has 2 N–H and O–H groups in total. The maximum atomic E-state index is 13.3. The molecule has 1 saturated heterocycles. The molecule has 12 heteroatoms. The number of benzene rings is 1. The van der Waals surface area contributed by atoms with Crippen LogP contribution in [0.1, 0.15) is 22.3 Å². The highest BCUT2D eigenvalue weighted by Crippen LogP contribution is 2.42. The largest absolute Gasteiger partial charge is 0.480 e. The van der Waals surface area contributed by atoms with Crippen LogP contribution in [-0.2, 0) is 10.0 Å². The number of hydrogen-bond donors (Lipinski definition) is 2. The standard InChI is InChI=1S/C25H24N6O4S2/c1-14-20-22-23(29-13-28-20)31-7-6-15(12-31)10-26-24(32)16-4-3-5-18(8-16)37(33,34)30-19-9-17(21(14)36-22)11-27-25(19)35-2/h3-5,8-9,11,13,15,30H,6-7,10,12H2,1-2H3,(H,26,32)/t15-/m0/s1. The number of ether oxygens (including phenoxy) is 1. The van der Waals surface area contributed by atoms with Crippen LogP contribution in [0.25, 0.3) is 20.7 Å². The van der Waals surface area contributed by atoms with Crippen LogP contribution in [-0.4, -0.2) is 56.0 Å². The van der Waals surface area contributed by atoms with Gasteiger partial charge in [-0.05, 0) is 49.1 Å². The van der Waals surface area contributed by atoms with E-state index in [0.29, 0.717) is 6.54 Å². The minimum absolute atomic E-state index is 0.0290. The number of fused-ring (bicyclic) bond motifs is 9. The van der Waals surface area contributed by atoms with Crippen LogP contribution in [0.2, 0.25) is 0 Å². The lowest BCUT2D eigenvalue weighted by molar-refractivity contribution is 0.0948. The molecule has 0 aliphatic carbocycles. The number of nitrogens with zero attached hydrogens (tertiary/aromatic N) is 4. The lowest BCUT2D eigenvalue weighted by atomic mass is 10.1. The van der Waals surface area contributed by atoms with Crippen molar-refractivity contribution in [2.24, 2.45) is 5.92 Å². The number of pyridine rings is 1. The van der Waals surface area contributed by atoms with Crippen LogP contribution < -0.4 is 19.7 Å². The van der Waals surface area contributed by atoms with Gasteiger partial charge in [-0.25, -0.2) is 23.4 Å². The molecule has 2 aliphatic heterocycles. The van der Waals surface area contributed by atoms with Crippen molar-refractivity contribution in [3.05, 3.63) is 54.0 Å². The van der Waals surface area contributed by atoms with Crippen molar-refractivity contribution < 1.29 is 17.9 Å². The van der Waals surface area contributed by atoms with E-state index in [4.69, 9.17) is 4.74 Å². The Morgan fingerprint density at radius 1 is 1.16 bits per heavy atom. The molecule has 0 radical (unpaired) electrons. The fourth-order valence-corrected chi connectivity index (χ4v) is 7.22. The van der Waals surface area contributed by atoms with E-state index >= 15 is 0 Å². The Morgan fingerprint density at radius 2 is 2.03 bits per heavy atom. The molecule has 3 aromatic heterocycles. The molecule has 0 spiro atoms. The Kier molecular flexibility index (Phi) is 5.72. The van der Waals surface area contributed by atoms with Crippen LogP contribution in [0.3, 0.4) is 0 Å². The Hall–Kier alpha value is -3.77. The smallest absolute Gasteiger partial charge is 0.262 e. The average Bonchev–Trinajstić information content (AvgIpc) is 3.51. The predicted molar refractivity (Wildman–Crippen MR) is 142 cm³/mol. The lowest BCUT2D eigenvalue weighted by Gasteiger charge is -2.18. The summed E-state index contributed by atoms with van der Waals surface area (Å²) in [5.41, 5.74) is 3.03. The van der Waals surface area contributed by atoms with E-state index in [9.17, 15) is 13.2 Å². The molecule has 1 aromatic carbocycles. The second-order valence-electron chi connectivity index (χ2n) is 9.16. The number of nitrogens with one attached hydrogen (secondary N) is 2. The molecule has 1 fully saturated rings. The summed E-state index contributed by atoms with van der Waals surface area (Å²) in [5, 5.41) is 2.97. The predicted octanol–water partition coefficient (Wildman–Crippen LogP) is 3.44. The minimum atomic E-state index is -4.04. The Labute approximate surface area is 217 Å². The van der Waals surface area contributed by atoms with Crippen molar-refractivity contribution in [1.82, 2.24) is 20.3 Å². The number of thiophene rings is 1. The highest BCUT2D eigenvalue weighted by atomic mass is 32.2. The van der Waals surface area contributed by atoms with Gasteiger partial charge in [0.1, 0.15) is 17.8 Å². The number of rotatable bonds is 1. The summed E-state index contributed by atoms with van der Waals surface area (Å²) >= 11 is 1.56. The fourth-order valence-electron chi connectivity index (χ4n) is 4.86. The lowest BCUT2D eigenvalue weighted by Crippen LogP contribution is -2.31. The van der Waals surface area contributed by atoms with Crippen molar-refractivity contribution in [2.75, 3.05) is 36.4 Å². The SMILES string of the molecule is COc1ncc2cc1NS(=O)(=O)c1cccc(c1)C(=O)NC[C@@H]1CCN(C1)c1ncnc3c(C)c-2sc13. The molecule has 0 saturated carbocycles. The van der Waals surface area contributed by atoms with Crippen LogP contribution >= 0.6 is 11.3 Å². The van der Waals surface area contributed by atoms with E-state index in [-0.39, 0.29) is 33.9 Å². The highest BCUT2D eigenvalue weighted by Gasteiger charge is 2.28. The Balaban J connectivity index is 1.54. The van der Waals surface area contributed by atoms with Gasteiger partial charge in [-0.1, -0.05) is 6.07 Å². The molecule has 4 aromatic rings. The summed E-state index contributed by atoms with van der Waals surface area (Å²) in [6.07, 6.45) is 4.15. The summed E-state index contributed by atoms with van der Waals surface area (Å²) in [4.78, 5) is 29.6. The maximum absolute atomic E-state index is 13.3. The highest BCUT2D eigenvalue weighted by molar-refractivity contribution is 7.92. The molecule has 10 nitrogen and oxygen atoms in total. The molecular weight excluding hydrogens is 512 g/mol. The monoisotopic (exact) mass is 536 g/mol. The third-order valence-corrected chi connectivity index (χ3v) is 9.47. The number of anilines is 2. The first-order valence-corrected chi connectivity index (χ1v) is 14.1. The van der Waals surface area contributed by atoms with Crippen LogP contribution in [0.4, 0.5) is 11.5 Å². The van der Waals surface area contributed by atoms with Gasteiger partial charge in [0.05, 0.1) is 22.2 Å². The molecule has 0 unspecified atom stereocenters. The van der Waals surface area contributed by atoms with Crippen molar-refractivity contribution >= 4 is 49.0 Å². The van der Waals surface area contributed by atoms with Crippen molar-refractivity contribution in [2.45, 2.75) is 18.2 Å². The summed E-state index contributed by atoms with van der Waals surface area (Å²) in [6.45, 7) is 4.06. The van der Waals surface area contributed by atoms with Crippen LogP contribution in [0, 0.1) is 12.8 Å². The van der Waals surface area contributed by atoms with Gasteiger partial charge in [0.2, 0.25) is 5.88 Å². The van der Waals surface area contributed by atoms with Crippen LogP contribution in [0.15, 0.2) is 47.8 Å². The molecule has 1 atom stereocenters.